The van der Waals surface area contributed by atoms with Gasteiger partial charge in [-0.1, -0.05) is 24.3 Å². The summed E-state index contributed by atoms with van der Waals surface area (Å²) in [5.74, 6) is -0.0702. The van der Waals surface area contributed by atoms with E-state index < -0.39 is 0 Å². The van der Waals surface area contributed by atoms with Crippen molar-refractivity contribution in [2.45, 2.75) is 6.04 Å². The first-order valence-corrected chi connectivity index (χ1v) is 8.66. The second-order valence-corrected chi connectivity index (χ2v) is 7.01. The molecule has 2 rings (SSSR count). The molecule has 2 aromatic carbocycles. The zero-order chi connectivity index (χ0) is 17.7. The number of nitrogens with zero attached hydrogens (tertiary/aromatic N) is 2. The fourth-order valence-electron chi connectivity index (χ4n) is 2.52. The van der Waals surface area contributed by atoms with E-state index in [9.17, 15) is 4.79 Å². The Hall–Kier alpha value is -1.85. The summed E-state index contributed by atoms with van der Waals surface area (Å²) >= 11 is 3.42. The maximum Gasteiger partial charge on any atom is 0.252 e. The Kier molecular flexibility index (Phi) is 6.40. The average molecular weight is 390 g/mol. The molecule has 1 amide bonds. The highest BCUT2D eigenvalue weighted by Crippen LogP contribution is 2.21. The predicted molar refractivity (Wildman–Crippen MR) is 104 cm³/mol. The summed E-state index contributed by atoms with van der Waals surface area (Å²) in [4.78, 5) is 16.6. The summed E-state index contributed by atoms with van der Waals surface area (Å²) < 4.78 is 0.805. The average Bonchev–Trinajstić information content (AvgIpc) is 2.55. The molecule has 0 radical (unpaired) electrons. The molecular weight excluding hydrogens is 366 g/mol. The molecule has 0 spiro atoms. The van der Waals surface area contributed by atoms with E-state index >= 15 is 0 Å². The van der Waals surface area contributed by atoms with Crippen molar-refractivity contribution >= 4 is 27.5 Å². The van der Waals surface area contributed by atoms with Crippen molar-refractivity contribution in [2.24, 2.45) is 0 Å². The van der Waals surface area contributed by atoms with Gasteiger partial charge in [0.1, 0.15) is 0 Å². The SMILES string of the molecule is CN(C)c1ccc(C(CNC(=O)c2ccccc2Br)N(C)C)cc1. The molecule has 2 aromatic rings. The number of carbonyl (C=O) groups is 1. The van der Waals surface area contributed by atoms with Gasteiger partial charge in [0.25, 0.3) is 5.91 Å². The Morgan fingerprint density at radius 3 is 2.21 bits per heavy atom. The Bertz CT molecular complexity index is 683. The van der Waals surface area contributed by atoms with Crippen molar-refractivity contribution in [2.75, 3.05) is 39.6 Å². The van der Waals surface area contributed by atoms with E-state index in [1.54, 1.807) is 0 Å². The minimum absolute atomic E-state index is 0.0702. The van der Waals surface area contributed by atoms with Crippen LogP contribution >= 0.6 is 15.9 Å². The number of hydrogen-bond acceptors (Lipinski definition) is 3. The molecule has 4 nitrogen and oxygen atoms in total. The lowest BCUT2D eigenvalue weighted by Gasteiger charge is -2.26. The standard InChI is InChI=1S/C19H24BrN3O/c1-22(2)15-11-9-14(10-12-15)18(23(3)4)13-21-19(24)16-7-5-6-8-17(16)20/h5-12,18H,13H2,1-4H3,(H,21,24). The first kappa shape index (κ1) is 18.5. The third kappa shape index (κ3) is 4.58. The molecule has 0 saturated carbocycles. The molecule has 128 valence electrons. The summed E-state index contributed by atoms with van der Waals surface area (Å²) in [5, 5.41) is 3.04. The van der Waals surface area contributed by atoms with Crippen LogP contribution in [0.25, 0.3) is 0 Å². The fourth-order valence-corrected chi connectivity index (χ4v) is 2.99. The Balaban J connectivity index is 2.09. The lowest BCUT2D eigenvalue weighted by atomic mass is 10.0. The van der Waals surface area contributed by atoms with Crippen LogP contribution in [-0.4, -0.2) is 45.5 Å². The van der Waals surface area contributed by atoms with Crippen LogP contribution < -0.4 is 10.2 Å². The molecule has 0 aliphatic carbocycles. The van der Waals surface area contributed by atoms with Crippen molar-refractivity contribution in [3.05, 3.63) is 64.1 Å². The van der Waals surface area contributed by atoms with E-state index in [0.29, 0.717) is 12.1 Å². The first-order chi connectivity index (χ1) is 11.4. The van der Waals surface area contributed by atoms with E-state index in [-0.39, 0.29) is 11.9 Å². The van der Waals surface area contributed by atoms with E-state index in [1.165, 1.54) is 5.56 Å². The third-order valence-electron chi connectivity index (χ3n) is 3.99. The van der Waals surface area contributed by atoms with Crippen molar-refractivity contribution in [3.8, 4) is 0 Å². The molecule has 1 atom stereocenters. The normalized spacial score (nSPS) is 12.1. The van der Waals surface area contributed by atoms with Gasteiger partial charge in [0.05, 0.1) is 11.6 Å². The molecule has 24 heavy (non-hydrogen) atoms. The molecule has 0 bridgehead atoms. The second kappa shape index (κ2) is 8.31. The van der Waals surface area contributed by atoms with Crippen molar-refractivity contribution < 1.29 is 4.79 Å². The van der Waals surface area contributed by atoms with Crippen LogP contribution in [0.5, 0.6) is 0 Å². The maximum absolute atomic E-state index is 12.4. The van der Waals surface area contributed by atoms with Crippen LogP contribution in [-0.2, 0) is 0 Å². The number of likely N-dealkylation sites (N-methyl/N-ethyl adjacent to an activating group) is 1. The quantitative estimate of drug-likeness (QED) is 0.820. The molecule has 0 heterocycles. The van der Waals surface area contributed by atoms with Crippen LogP contribution in [0.1, 0.15) is 22.0 Å². The third-order valence-corrected chi connectivity index (χ3v) is 4.68. The van der Waals surface area contributed by atoms with Gasteiger partial charge in [-0.2, -0.15) is 0 Å². The van der Waals surface area contributed by atoms with Crippen molar-refractivity contribution in [1.29, 1.82) is 0 Å². The van der Waals surface area contributed by atoms with Gasteiger partial charge in [-0.25, -0.2) is 0 Å². The fraction of sp³-hybridized carbons (Fsp3) is 0.316. The number of anilines is 1. The van der Waals surface area contributed by atoms with Crippen LogP contribution in [0.15, 0.2) is 53.0 Å². The molecule has 1 N–H and O–H groups in total. The lowest BCUT2D eigenvalue weighted by molar-refractivity contribution is 0.0941. The van der Waals surface area contributed by atoms with Gasteiger partial charge in [0.15, 0.2) is 0 Å². The maximum atomic E-state index is 12.4. The van der Waals surface area contributed by atoms with Gasteiger partial charge >= 0.3 is 0 Å². The molecule has 1 unspecified atom stereocenters. The smallest absolute Gasteiger partial charge is 0.252 e. The monoisotopic (exact) mass is 389 g/mol. The molecule has 0 aromatic heterocycles. The Morgan fingerprint density at radius 2 is 1.67 bits per heavy atom. The molecule has 0 fully saturated rings. The molecular formula is C19H24BrN3O. The first-order valence-electron chi connectivity index (χ1n) is 7.86. The number of rotatable bonds is 6. The van der Waals surface area contributed by atoms with E-state index in [0.717, 1.165) is 10.2 Å². The number of carbonyl (C=O) groups excluding carboxylic acids is 1. The van der Waals surface area contributed by atoms with Crippen molar-refractivity contribution in [1.82, 2.24) is 10.2 Å². The summed E-state index contributed by atoms with van der Waals surface area (Å²) in [5.41, 5.74) is 2.99. The molecule has 5 heteroatoms. The van der Waals surface area contributed by atoms with Crippen LogP contribution in [0, 0.1) is 0 Å². The predicted octanol–water partition coefficient (Wildman–Crippen LogP) is 3.55. The second-order valence-electron chi connectivity index (χ2n) is 6.16. The Labute approximate surface area is 152 Å². The van der Waals surface area contributed by atoms with Gasteiger partial charge in [-0.15, -0.1) is 0 Å². The van der Waals surface area contributed by atoms with Gasteiger partial charge in [-0.3, -0.25) is 4.79 Å². The highest BCUT2D eigenvalue weighted by Gasteiger charge is 2.17. The highest BCUT2D eigenvalue weighted by atomic mass is 79.9. The zero-order valence-electron chi connectivity index (χ0n) is 14.6. The number of amides is 1. The van der Waals surface area contributed by atoms with Gasteiger partial charge in [0.2, 0.25) is 0 Å². The van der Waals surface area contributed by atoms with E-state index in [1.807, 2.05) is 52.5 Å². The van der Waals surface area contributed by atoms with Crippen LogP contribution in [0.4, 0.5) is 5.69 Å². The summed E-state index contributed by atoms with van der Waals surface area (Å²) in [6.07, 6.45) is 0. The largest absolute Gasteiger partial charge is 0.378 e. The zero-order valence-corrected chi connectivity index (χ0v) is 16.2. The number of hydrogen-bond donors (Lipinski definition) is 1. The van der Waals surface area contributed by atoms with Gasteiger partial charge < -0.3 is 15.1 Å². The van der Waals surface area contributed by atoms with Gasteiger partial charge in [-0.05, 0) is 59.9 Å². The summed E-state index contributed by atoms with van der Waals surface area (Å²) in [6.45, 7) is 0.550. The minimum atomic E-state index is -0.0702. The topological polar surface area (TPSA) is 35.6 Å². The van der Waals surface area contributed by atoms with E-state index in [2.05, 4.69) is 55.3 Å². The molecule has 0 saturated heterocycles. The molecule has 0 aliphatic rings. The van der Waals surface area contributed by atoms with Crippen molar-refractivity contribution in [3.63, 3.8) is 0 Å². The van der Waals surface area contributed by atoms with Crippen LogP contribution in [0.3, 0.4) is 0 Å². The summed E-state index contributed by atoms with van der Waals surface area (Å²) in [7, 11) is 8.09. The van der Waals surface area contributed by atoms with Gasteiger partial charge in [0, 0.05) is 30.8 Å². The minimum Gasteiger partial charge on any atom is -0.378 e. The lowest BCUT2D eigenvalue weighted by Crippen LogP contribution is -2.34. The Morgan fingerprint density at radius 1 is 1.04 bits per heavy atom. The van der Waals surface area contributed by atoms with Crippen LogP contribution in [0.2, 0.25) is 0 Å². The molecule has 0 aliphatic heterocycles. The summed E-state index contributed by atoms with van der Waals surface area (Å²) in [6, 6.07) is 16.0. The highest BCUT2D eigenvalue weighted by molar-refractivity contribution is 9.10. The number of benzene rings is 2. The number of nitrogens with one attached hydrogen (secondary N) is 1. The number of halogens is 1. The van der Waals surface area contributed by atoms with E-state index in [4.69, 9.17) is 0 Å².